The molecule has 17 heavy (non-hydrogen) atoms. The summed E-state index contributed by atoms with van der Waals surface area (Å²) in [4.78, 5) is 14.3. The lowest BCUT2D eigenvalue weighted by Gasteiger charge is -2.20. The van der Waals surface area contributed by atoms with Crippen molar-refractivity contribution in [3.63, 3.8) is 0 Å². The highest BCUT2D eigenvalue weighted by molar-refractivity contribution is 9.11. The molecule has 0 bridgehead atoms. The summed E-state index contributed by atoms with van der Waals surface area (Å²) < 4.78 is 0.904. The maximum Gasteiger partial charge on any atom is 0.264 e. The monoisotopic (exact) mass is 319 g/mol. The van der Waals surface area contributed by atoms with Gasteiger partial charge in [-0.1, -0.05) is 12.1 Å². The van der Waals surface area contributed by atoms with Gasteiger partial charge >= 0.3 is 0 Å². The van der Waals surface area contributed by atoms with Crippen LogP contribution in [0.4, 0.5) is 0 Å². The molecule has 3 N–H and O–H groups in total. The molecule has 0 atom stereocenters. The lowest BCUT2D eigenvalue weighted by Crippen LogP contribution is -2.38. The first-order valence-corrected chi connectivity index (χ1v) is 6.70. The van der Waals surface area contributed by atoms with Crippen LogP contribution in [0.3, 0.4) is 0 Å². The average Bonchev–Trinajstić information content (AvgIpc) is 2.74. The first kappa shape index (κ1) is 14.0. The van der Waals surface area contributed by atoms with E-state index in [1.807, 2.05) is 13.0 Å². The van der Waals surface area contributed by atoms with E-state index < -0.39 is 0 Å². The Morgan fingerprint density at radius 1 is 1.65 bits per heavy atom. The van der Waals surface area contributed by atoms with Crippen LogP contribution in [-0.4, -0.2) is 34.9 Å². The number of amides is 1. The quantitative estimate of drug-likeness (QED) is 0.377. The first-order valence-electron chi connectivity index (χ1n) is 5.09. The number of hydrogen-bond acceptors (Lipinski definition) is 4. The highest BCUT2D eigenvalue weighted by Gasteiger charge is 2.17. The summed E-state index contributed by atoms with van der Waals surface area (Å²) in [5, 5.41) is 11.4. The molecule has 0 fully saturated rings. The van der Waals surface area contributed by atoms with Crippen molar-refractivity contribution in [1.82, 2.24) is 4.90 Å². The summed E-state index contributed by atoms with van der Waals surface area (Å²) in [6, 6.07) is 3.58. The van der Waals surface area contributed by atoms with Crippen molar-refractivity contribution in [1.29, 1.82) is 0 Å². The minimum absolute atomic E-state index is 0.0300. The minimum atomic E-state index is -0.103. The van der Waals surface area contributed by atoms with Gasteiger partial charge in [0, 0.05) is 6.54 Å². The fourth-order valence-corrected chi connectivity index (χ4v) is 2.69. The summed E-state index contributed by atoms with van der Waals surface area (Å²) >= 11 is 4.68. The van der Waals surface area contributed by atoms with E-state index in [1.165, 1.54) is 11.3 Å². The van der Waals surface area contributed by atoms with E-state index in [9.17, 15) is 4.79 Å². The van der Waals surface area contributed by atoms with Crippen LogP contribution in [0.25, 0.3) is 0 Å². The normalized spacial score (nSPS) is 11.5. The third-order valence-electron chi connectivity index (χ3n) is 2.05. The lowest BCUT2D eigenvalue weighted by atomic mass is 10.3. The van der Waals surface area contributed by atoms with Crippen molar-refractivity contribution in [3.05, 3.63) is 20.8 Å². The van der Waals surface area contributed by atoms with E-state index >= 15 is 0 Å². The molecule has 1 aromatic heterocycles. The molecule has 0 saturated heterocycles. The SMILES string of the molecule is CCCN(C/C(N)=N/O)C(=O)c1ccc(Br)s1. The molecule has 0 aliphatic rings. The Balaban J connectivity index is 2.80. The maximum atomic E-state index is 12.1. The Kier molecular flexibility index (Phi) is 5.43. The molecule has 0 radical (unpaired) electrons. The van der Waals surface area contributed by atoms with Crippen molar-refractivity contribution in [2.45, 2.75) is 13.3 Å². The summed E-state index contributed by atoms with van der Waals surface area (Å²) in [7, 11) is 0. The number of halogens is 1. The molecule has 0 saturated carbocycles. The summed E-state index contributed by atoms with van der Waals surface area (Å²) in [5.41, 5.74) is 5.43. The van der Waals surface area contributed by atoms with Gasteiger partial charge in [-0.25, -0.2) is 0 Å². The third-order valence-corrected chi connectivity index (χ3v) is 3.66. The zero-order chi connectivity index (χ0) is 12.8. The van der Waals surface area contributed by atoms with Gasteiger partial charge in [-0.3, -0.25) is 4.79 Å². The molecule has 5 nitrogen and oxygen atoms in total. The highest BCUT2D eigenvalue weighted by Crippen LogP contribution is 2.23. The van der Waals surface area contributed by atoms with Gasteiger partial charge in [-0.15, -0.1) is 11.3 Å². The third kappa shape index (κ3) is 4.01. The van der Waals surface area contributed by atoms with Gasteiger partial charge in [0.1, 0.15) is 0 Å². The molecule has 1 aromatic rings. The van der Waals surface area contributed by atoms with Crippen LogP contribution in [0.2, 0.25) is 0 Å². The van der Waals surface area contributed by atoms with Gasteiger partial charge < -0.3 is 15.8 Å². The Bertz CT molecular complexity index is 419. The predicted molar refractivity (Wildman–Crippen MR) is 71.6 cm³/mol. The number of oxime groups is 1. The van der Waals surface area contributed by atoms with Gasteiger partial charge in [-0.05, 0) is 34.5 Å². The first-order chi connectivity index (χ1) is 8.08. The van der Waals surface area contributed by atoms with Crippen LogP contribution in [0.1, 0.15) is 23.0 Å². The number of rotatable bonds is 5. The lowest BCUT2D eigenvalue weighted by molar-refractivity contribution is 0.0783. The molecule has 1 heterocycles. The number of hydrogen-bond donors (Lipinski definition) is 2. The van der Waals surface area contributed by atoms with Crippen LogP contribution < -0.4 is 5.73 Å². The number of thiophene rings is 1. The van der Waals surface area contributed by atoms with E-state index in [-0.39, 0.29) is 18.3 Å². The van der Waals surface area contributed by atoms with E-state index in [1.54, 1.807) is 11.0 Å². The topological polar surface area (TPSA) is 78.9 Å². The Hall–Kier alpha value is -1.08. The standard InChI is InChI=1S/C10H14BrN3O2S/c1-2-5-14(6-9(12)13-16)10(15)7-3-4-8(11)17-7/h3-4,16H,2,5-6H2,1H3,(H2,12,13). The van der Waals surface area contributed by atoms with Gasteiger partial charge in [0.05, 0.1) is 15.2 Å². The number of carbonyl (C=O) groups excluding carboxylic acids is 1. The zero-order valence-electron chi connectivity index (χ0n) is 9.39. The van der Waals surface area contributed by atoms with E-state index in [2.05, 4.69) is 21.1 Å². The number of nitrogens with zero attached hydrogens (tertiary/aromatic N) is 2. The fraction of sp³-hybridized carbons (Fsp3) is 0.400. The van der Waals surface area contributed by atoms with E-state index in [4.69, 9.17) is 10.9 Å². The van der Waals surface area contributed by atoms with Crippen molar-refractivity contribution in [3.8, 4) is 0 Å². The molecular formula is C10H14BrN3O2S. The fourth-order valence-electron chi connectivity index (χ4n) is 1.33. The van der Waals surface area contributed by atoms with Crippen molar-refractivity contribution < 1.29 is 10.0 Å². The summed E-state index contributed by atoms with van der Waals surface area (Å²) in [6.07, 6.45) is 0.816. The van der Waals surface area contributed by atoms with Crippen LogP contribution in [0.15, 0.2) is 21.1 Å². The second kappa shape index (κ2) is 6.61. The largest absolute Gasteiger partial charge is 0.409 e. The van der Waals surface area contributed by atoms with Crippen LogP contribution >= 0.6 is 27.3 Å². The molecule has 0 aliphatic heterocycles. The molecule has 0 aliphatic carbocycles. The molecule has 0 aromatic carbocycles. The van der Waals surface area contributed by atoms with Crippen LogP contribution in [0, 0.1) is 0 Å². The van der Waals surface area contributed by atoms with E-state index in [0.717, 1.165) is 10.2 Å². The summed E-state index contributed by atoms with van der Waals surface area (Å²) in [6.45, 7) is 2.68. The number of nitrogens with two attached hydrogens (primary N) is 1. The Labute approximate surface area is 112 Å². The van der Waals surface area contributed by atoms with Gasteiger partial charge in [-0.2, -0.15) is 0 Å². The maximum absolute atomic E-state index is 12.1. The average molecular weight is 320 g/mol. The Morgan fingerprint density at radius 3 is 2.82 bits per heavy atom. The second-order valence-electron chi connectivity index (χ2n) is 3.42. The molecule has 94 valence electrons. The van der Waals surface area contributed by atoms with Crippen molar-refractivity contribution >= 4 is 39.0 Å². The van der Waals surface area contributed by atoms with Crippen LogP contribution in [-0.2, 0) is 0 Å². The van der Waals surface area contributed by atoms with Crippen molar-refractivity contribution in [2.24, 2.45) is 10.9 Å². The second-order valence-corrected chi connectivity index (χ2v) is 5.88. The smallest absolute Gasteiger partial charge is 0.264 e. The van der Waals surface area contributed by atoms with Gasteiger partial charge in [0.25, 0.3) is 5.91 Å². The number of amidine groups is 1. The molecule has 0 spiro atoms. The molecule has 0 unspecified atom stereocenters. The Morgan fingerprint density at radius 2 is 2.35 bits per heavy atom. The zero-order valence-corrected chi connectivity index (χ0v) is 11.8. The highest BCUT2D eigenvalue weighted by atomic mass is 79.9. The summed E-state index contributed by atoms with van der Waals surface area (Å²) in [5.74, 6) is -0.0726. The van der Waals surface area contributed by atoms with Gasteiger partial charge in [0.15, 0.2) is 5.84 Å². The molecule has 1 amide bonds. The molecular weight excluding hydrogens is 306 g/mol. The van der Waals surface area contributed by atoms with Gasteiger partial charge in [0.2, 0.25) is 0 Å². The molecule has 7 heteroatoms. The van der Waals surface area contributed by atoms with Crippen molar-refractivity contribution in [2.75, 3.05) is 13.1 Å². The minimum Gasteiger partial charge on any atom is -0.409 e. The predicted octanol–water partition coefficient (Wildman–Crippen LogP) is 2.11. The van der Waals surface area contributed by atoms with E-state index in [0.29, 0.717) is 11.4 Å². The number of carbonyl (C=O) groups is 1. The molecule has 1 rings (SSSR count). The van der Waals surface area contributed by atoms with Crippen LogP contribution in [0.5, 0.6) is 0 Å².